The van der Waals surface area contributed by atoms with Gasteiger partial charge in [0.2, 0.25) is 0 Å². The molecule has 1 fully saturated rings. The molecule has 0 aliphatic heterocycles. The van der Waals surface area contributed by atoms with Crippen molar-refractivity contribution in [2.24, 2.45) is 16.4 Å². The van der Waals surface area contributed by atoms with Gasteiger partial charge in [0.05, 0.1) is 0 Å². The van der Waals surface area contributed by atoms with Crippen LogP contribution >= 0.6 is 0 Å². The molecule has 0 amide bonds. The molecule has 13 heavy (non-hydrogen) atoms. The molecule has 74 valence electrons. The molecule has 0 spiro atoms. The molecule has 1 rings (SSSR count). The van der Waals surface area contributed by atoms with Crippen molar-refractivity contribution in [3.8, 4) is 0 Å². The molecule has 3 heteroatoms. The maximum Gasteiger partial charge on any atom is 0.0467 e. The van der Waals surface area contributed by atoms with E-state index >= 15 is 0 Å². The summed E-state index contributed by atoms with van der Waals surface area (Å²) in [6.45, 7) is 8.83. The Balaban J connectivity index is 2.83. The highest BCUT2D eigenvalue weighted by Gasteiger charge is 2.38. The molecule has 1 aliphatic carbocycles. The first kappa shape index (κ1) is 10.4. The van der Waals surface area contributed by atoms with Crippen LogP contribution in [0.4, 0.5) is 0 Å². The summed E-state index contributed by atoms with van der Waals surface area (Å²) in [7, 11) is 0. The van der Waals surface area contributed by atoms with E-state index in [1.54, 1.807) is 0 Å². The van der Waals surface area contributed by atoms with Crippen LogP contribution in [0.2, 0.25) is 0 Å². The number of rotatable bonds is 1. The average molecular weight is 181 g/mol. The lowest BCUT2D eigenvalue weighted by Gasteiger charge is -2.43. The van der Waals surface area contributed by atoms with Gasteiger partial charge in [-0.2, -0.15) is 0 Å². The van der Waals surface area contributed by atoms with Crippen LogP contribution in [0.5, 0.6) is 0 Å². The fourth-order valence-electron chi connectivity index (χ4n) is 3.13. The molecule has 0 N–H and O–H groups in total. The van der Waals surface area contributed by atoms with Gasteiger partial charge in [-0.05, 0) is 36.1 Å². The molecule has 0 aromatic carbocycles. The van der Waals surface area contributed by atoms with E-state index in [9.17, 15) is 0 Å². The summed E-state index contributed by atoms with van der Waals surface area (Å²) in [6.07, 6.45) is 3.28. The predicted molar refractivity (Wildman–Crippen MR) is 54.3 cm³/mol. The van der Waals surface area contributed by atoms with Gasteiger partial charge in [0.1, 0.15) is 0 Å². The van der Waals surface area contributed by atoms with E-state index in [-0.39, 0.29) is 5.54 Å². The Labute approximate surface area is 80.2 Å². The van der Waals surface area contributed by atoms with Gasteiger partial charge in [-0.3, -0.25) is 0 Å². The standard InChI is InChI=1S/C10H19N3/c1-8-5-9(2,3)7-10(4,6-8)12-13-11/h8H,5-7H2,1-4H3/t8-,10-/m0/s1. The van der Waals surface area contributed by atoms with Crippen LogP contribution in [0.3, 0.4) is 0 Å². The van der Waals surface area contributed by atoms with Crippen LogP contribution in [0.15, 0.2) is 5.11 Å². The maximum atomic E-state index is 8.50. The summed E-state index contributed by atoms with van der Waals surface area (Å²) in [4.78, 5) is 2.96. The van der Waals surface area contributed by atoms with Crippen molar-refractivity contribution in [1.29, 1.82) is 0 Å². The second-order valence-corrected chi connectivity index (χ2v) is 5.54. The highest BCUT2D eigenvalue weighted by molar-refractivity contribution is 4.95. The van der Waals surface area contributed by atoms with Gasteiger partial charge in [0, 0.05) is 10.5 Å². The van der Waals surface area contributed by atoms with E-state index < -0.39 is 0 Å². The summed E-state index contributed by atoms with van der Waals surface area (Å²) < 4.78 is 0. The third kappa shape index (κ3) is 2.63. The van der Waals surface area contributed by atoms with Crippen LogP contribution in [0, 0.1) is 11.3 Å². The lowest BCUT2D eigenvalue weighted by Crippen LogP contribution is -2.38. The fourth-order valence-corrected chi connectivity index (χ4v) is 3.13. The molecular weight excluding hydrogens is 162 g/mol. The summed E-state index contributed by atoms with van der Waals surface area (Å²) >= 11 is 0. The topological polar surface area (TPSA) is 48.8 Å². The Bertz CT molecular complexity index is 241. The van der Waals surface area contributed by atoms with E-state index in [1.807, 2.05) is 0 Å². The van der Waals surface area contributed by atoms with Crippen molar-refractivity contribution in [1.82, 2.24) is 0 Å². The summed E-state index contributed by atoms with van der Waals surface area (Å²) in [6, 6.07) is 0. The van der Waals surface area contributed by atoms with Gasteiger partial charge in [0.25, 0.3) is 0 Å². The van der Waals surface area contributed by atoms with Gasteiger partial charge in [-0.1, -0.05) is 32.8 Å². The third-order valence-electron chi connectivity index (χ3n) is 2.83. The van der Waals surface area contributed by atoms with Gasteiger partial charge < -0.3 is 0 Å². The molecule has 0 radical (unpaired) electrons. The molecule has 0 saturated heterocycles. The second-order valence-electron chi connectivity index (χ2n) is 5.54. The van der Waals surface area contributed by atoms with Gasteiger partial charge >= 0.3 is 0 Å². The number of nitrogens with zero attached hydrogens (tertiary/aromatic N) is 3. The Morgan fingerprint density at radius 3 is 2.38 bits per heavy atom. The molecule has 2 atom stereocenters. The van der Waals surface area contributed by atoms with Crippen molar-refractivity contribution in [2.75, 3.05) is 0 Å². The minimum absolute atomic E-state index is 0.157. The number of hydrogen-bond acceptors (Lipinski definition) is 1. The first-order valence-electron chi connectivity index (χ1n) is 4.93. The minimum atomic E-state index is -0.157. The zero-order chi connectivity index (χ0) is 10.1. The van der Waals surface area contributed by atoms with Gasteiger partial charge in [-0.25, -0.2) is 0 Å². The molecule has 1 aliphatic rings. The Morgan fingerprint density at radius 1 is 1.31 bits per heavy atom. The van der Waals surface area contributed by atoms with E-state index in [2.05, 4.69) is 37.7 Å². The molecule has 0 aromatic rings. The molecule has 0 aromatic heterocycles. The van der Waals surface area contributed by atoms with Gasteiger partial charge in [0.15, 0.2) is 0 Å². The van der Waals surface area contributed by atoms with Crippen LogP contribution in [-0.2, 0) is 0 Å². The molecule has 0 heterocycles. The Morgan fingerprint density at radius 2 is 1.92 bits per heavy atom. The molecular formula is C10H19N3. The Kier molecular flexibility index (Phi) is 2.58. The van der Waals surface area contributed by atoms with Gasteiger partial charge in [-0.15, -0.1) is 0 Å². The molecule has 0 unspecified atom stereocenters. The molecule has 1 saturated carbocycles. The van der Waals surface area contributed by atoms with Crippen molar-refractivity contribution in [3.63, 3.8) is 0 Å². The van der Waals surface area contributed by atoms with Crippen LogP contribution in [-0.4, -0.2) is 5.54 Å². The third-order valence-corrected chi connectivity index (χ3v) is 2.83. The summed E-state index contributed by atoms with van der Waals surface area (Å²) in [5, 5.41) is 3.94. The highest BCUT2D eigenvalue weighted by Crippen LogP contribution is 2.45. The van der Waals surface area contributed by atoms with Crippen molar-refractivity contribution in [2.45, 2.75) is 52.5 Å². The largest absolute Gasteiger partial charge is 0.0875 e. The van der Waals surface area contributed by atoms with Crippen molar-refractivity contribution in [3.05, 3.63) is 10.4 Å². The number of azide groups is 1. The van der Waals surface area contributed by atoms with E-state index in [4.69, 9.17) is 5.53 Å². The smallest absolute Gasteiger partial charge is 0.0467 e. The van der Waals surface area contributed by atoms with Crippen molar-refractivity contribution < 1.29 is 0 Å². The normalized spacial score (nSPS) is 38.0. The summed E-state index contributed by atoms with van der Waals surface area (Å²) in [5.41, 5.74) is 8.66. The summed E-state index contributed by atoms with van der Waals surface area (Å²) in [5.74, 6) is 0.666. The van der Waals surface area contributed by atoms with Crippen molar-refractivity contribution >= 4 is 0 Å². The lowest BCUT2D eigenvalue weighted by atomic mass is 9.65. The van der Waals surface area contributed by atoms with Crippen LogP contribution < -0.4 is 0 Å². The number of hydrogen-bond donors (Lipinski definition) is 0. The van der Waals surface area contributed by atoms with E-state index in [0.717, 1.165) is 12.8 Å². The second kappa shape index (κ2) is 3.22. The van der Waals surface area contributed by atoms with Crippen LogP contribution in [0.25, 0.3) is 10.4 Å². The zero-order valence-corrected chi connectivity index (χ0v) is 9.04. The zero-order valence-electron chi connectivity index (χ0n) is 9.04. The predicted octanol–water partition coefficient (Wildman–Crippen LogP) is 3.90. The minimum Gasteiger partial charge on any atom is -0.0875 e. The molecule has 0 bridgehead atoms. The van der Waals surface area contributed by atoms with Crippen LogP contribution in [0.1, 0.15) is 47.0 Å². The average Bonchev–Trinajstić information content (AvgIpc) is 1.78. The Hall–Kier alpha value is -0.690. The quantitative estimate of drug-likeness (QED) is 0.334. The first-order valence-corrected chi connectivity index (χ1v) is 4.93. The van der Waals surface area contributed by atoms with E-state index in [1.165, 1.54) is 6.42 Å². The first-order chi connectivity index (χ1) is 5.87. The lowest BCUT2D eigenvalue weighted by molar-refractivity contribution is 0.119. The maximum absolute atomic E-state index is 8.50. The fraction of sp³-hybridized carbons (Fsp3) is 1.00. The molecule has 3 nitrogen and oxygen atoms in total. The highest BCUT2D eigenvalue weighted by atomic mass is 15.2. The van der Waals surface area contributed by atoms with E-state index in [0.29, 0.717) is 11.3 Å². The monoisotopic (exact) mass is 181 g/mol. The SMILES string of the molecule is C[C@H]1CC(C)(C)C[C@@](C)(N=[N+]=[N-])C1.